The van der Waals surface area contributed by atoms with E-state index in [1.54, 1.807) is 0 Å². The van der Waals surface area contributed by atoms with Crippen molar-refractivity contribution >= 4 is 0 Å². The predicted molar refractivity (Wildman–Crippen MR) is 69.2 cm³/mol. The van der Waals surface area contributed by atoms with Crippen molar-refractivity contribution in [2.45, 2.75) is 77.4 Å². The van der Waals surface area contributed by atoms with E-state index in [4.69, 9.17) is 5.73 Å². The Morgan fingerprint density at radius 3 is 2.12 bits per heavy atom. The van der Waals surface area contributed by atoms with Gasteiger partial charge in [0.05, 0.1) is 6.10 Å². The van der Waals surface area contributed by atoms with E-state index >= 15 is 0 Å². The van der Waals surface area contributed by atoms with Crippen LogP contribution in [-0.2, 0) is 0 Å². The Morgan fingerprint density at radius 1 is 1.06 bits per heavy atom. The molecule has 0 saturated heterocycles. The summed E-state index contributed by atoms with van der Waals surface area (Å²) < 4.78 is 0. The molecule has 1 saturated carbocycles. The van der Waals surface area contributed by atoms with Crippen molar-refractivity contribution in [1.82, 2.24) is 0 Å². The van der Waals surface area contributed by atoms with Gasteiger partial charge in [-0.15, -0.1) is 0 Å². The molecule has 2 nitrogen and oxygen atoms in total. The van der Waals surface area contributed by atoms with Crippen LogP contribution in [0.2, 0.25) is 0 Å². The topological polar surface area (TPSA) is 46.2 Å². The highest BCUT2D eigenvalue weighted by molar-refractivity contribution is 4.94. The number of aliphatic hydroxyl groups is 1. The highest BCUT2D eigenvalue weighted by atomic mass is 16.3. The minimum atomic E-state index is -0.217. The van der Waals surface area contributed by atoms with Crippen LogP contribution in [0.25, 0.3) is 0 Å². The molecule has 0 heterocycles. The highest BCUT2D eigenvalue weighted by Crippen LogP contribution is 2.34. The first-order chi connectivity index (χ1) is 7.46. The van der Waals surface area contributed by atoms with Crippen molar-refractivity contribution in [2.75, 3.05) is 0 Å². The molecule has 16 heavy (non-hydrogen) atoms. The molecule has 0 amide bonds. The maximum absolute atomic E-state index is 10.2. The summed E-state index contributed by atoms with van der Waals surface area (Å²) in [6, 6.07) is 0. The average molecular weight is 227 g/mol. The molecular weight excluding hydrogens is 198 g/mol. The lowest BCUT2D eigenvalue weighted by molar-refractivity contribution is 0.0426. The summed E-state index contributed by atoms with van der Waals surface area (Å²) in [6.07, 6.45) is 7.74. The SMILES string of the molecule is CC(C)CCC(O)C(C)C1(N)CCCCC1. The van der Waals surface area contributed by atoms with Crippen LogP contribution >= 0.6 is 0 Å². The first kappa shape index (κ1) is 14.0. The van der Waals surface area contributed by atoms with Gasteiger partial charge in [0, 0.05) is 5.54 Å². The zero-order valence-corrected chi connectivity index (χ0v) is 11.2. The molecule has 0 aliphatic heterocycles. The third-order valence-corrected chi connectivity index (χ3v) is 4.31. The van der Waals surface area contributed by atoms with E-state index in [0.717, 1.165) is 25.7 Å². The minimum Gasteiger partial charge on any atom is -0.393 e. The Morgan fingerprint density at radius 2 is 1.62 bits per heavy atom. The summed E-state index contributed by atoms with van der Waals surface area (Å²) in [7, 11) is 0. The van der Waals surface area contributed by atoms with Gasteiger partial charge in [-0.05, 0) is 37.5 Å². The van der Waals surface area contributed by atoms with Crippen LogP contribution < -0.4 is 5.73 Å². The van der Waals surface area contributed by atoms with Gasteiger partial charge in [-0.25, -0.2) is 0 Å². The average Bonchev–Trinajstić information content (AvgIpc) is 2.25. The second-order valence-electron chi connectivity index (χ2n) is 6.12. The van der Waals surface area contributed by atoms with Crippen LogP contribution in [0.1, 0.15) is 65.7 Å². The van der Waals surface area contributed by atoms with Gasteiger partial charge >= 0.3 is 0 Å². The molecule has 2 atom stereocenters. The summed E-state index contributed by atoms with van der Waals surface area (Å²) in [6.45, 7) is 6.54. The van der Waals surface area contributed by atoms with Crippen molar-refractivity contribution in [3.63, 3.8) is 0 Å². The molecule has 96 valence electrons. The van der Waals surface area contributed by atoms with E-state index in [2.05, 4.69) is 20.8 Å². The summed E-state index contributed by atoms with van der Waals surface area (Å²) in [5.41, 5.74) is 6.35. The van der Waals surface area contributed by atoms with Gasteiger partial charge in [0.1, 0.15) is 0 Å². The number of hydrogen-bond donors (Lipinski definition) is 2. The first-order valence-corrected chi connectivity index (χ1v) is 6.92. The lowest BCUT2D eigenvalue weighted by Crippen LogP contribution is -2.51. The first-order valence-electron chi connectivity index (χ1n) is 6.92. The van der Waals surface area contributed by atoms with Crippen LogP contribution in [0.15, 0.2) is 0 Å². The fourth-order valence-corrected chi connectivity index (χ4v) is 2.80. The minimum absolute atomic E-state index is 0.103. The van der Waals surface area contributed by atoms with E-state index in [9.17, 15) is 5.11 Å². The Labute approximate surface area is 101 Å². The summed E-state index contributed by atoms with van der Waals surface area (Å²) in [5, 5.41) is 10.2. The second-order valence-corrected chi connectivity index (χ2v) is 6.12. The van der Waals surface area contributed by atoms with Gasteiger partial charge in [-0.2, -0.15) is 0 Å². The number of nitrogens with two attached hydrogens (primary N) is 1. The van der Waals surface area contributed by atoms with E-state index in [0.29, 0.717) is 5.92 Å². The Hall–Kier alpha value is -0.0800. The molecule has 0 aromatic rings. The molecule has 0 aromatic carbocycles. The maximum atomic E-state index is 10.2. The van der Waals surface area contributed by atoms with Gasteiger partial charge < -0.3 is 10.8 Å². The molecule has 3 N–H and O–H groups in total. The van der Waals surface area contributed by atoms with E-state index < -0.39 is 0 Å². The molecule has 0 spiro atoms. The van der Waals surface area contributed by atoms with Gasteiger partial charge in [0.2, 0.25) is 0 Å². The van der Waals surface area contributed by atoms with E-state index in [1.165, 1.54) is 19.3 Å². The van der Waals surface area contributed by atoms with Crippen molar-refractivity contribution < 1.29 is 5.11 Å². The highest BCUT2D eigenvalue weighted by Gasteiger charge is 2.36. The van der Waals surface area contributed by atoms with Crippen molar-refractivity contribution in [1.29, 1.82) is 0 Å². The van der Waals surface area contributed by atoms with E-state index in [1.807, 2.05) is 0 Å². The van der Waals surface area contributed by atoms with Gasteiger partial charge in [-0.3, -0.25) is 0 Å². The molecular formula is C14H29NO. The number of hydrogen-bond acceptors (Lipinski definition) is 2. The molecule has 0 aromatic heterocycles. The van der Waals surface area contributed by atoms with Crippen molar-refractivity contribution in [3.05, 3.63) is 0 Å². The lowest BCUT2D eigenvalue weighted by atomic mass is 9.71. The summed E-state index contributed by atoms with van der Waals surface area (Å²) in [5.74, 6) is 0.911. The van der Waals surface area contributed by atoms with Gasteiger partial charge in [0.15, 0.2) is 0 Å². The van der Waals surface area contributed by atoms with E-state index in [-0.39, 0.29) is 17.6 Å². The second kappa shape index (κ2) is 6.02. The van der Waals surface area contributed by atoms with Crippen molar-refractivity contribution in [3.8, 4) is 0 Å². The van der Waals surface area contributed by atoms with Crippen LogP contribution in [0, 0.1) is 11.8 Å². The zero-order valence-electron chi connectivity index (χ0n) is 11.2. The van der Waals surface area contributed by atoms with Crippen LogP contribution in [0.4, 0.5) is 0 Å². The zero-order chi connectivity index (χ0) is 12.2. The van der Waals surface area contributed by atoms with Crippen molar-refractivity contribution in [2.24, 2.45) is 17.6 Å². The third kappa shape index (κ3) is 3.74. The quantitative estimate of drug-likeness (QED) is 0.758. The Kier molecular flexibility index (Phi) is 5.26. The summed E-state index contributed by atoms with van der Waals surface area (Å²) in [4.78, 5) is 0. The van der Waals surface area contributed by atoms with Crippen LogP contribution in [0.5, 0.6) is 0 Å². The molecule has 1 fully saturated rings. The standard InChI is InChI=1S/C14H29NO/c1-11(2)7-8-13(16)12(3)14(15)9-5-4-6-10-14/h11-13,16H,4-10,15H2,1-3H3. The molecule has 0 bridgehead atoms. The third-order valence-electron chi connectivity index (χ3n) is 4.31. The number of aliphatic hydroxyl groups excluding tert-OH is 1. The molecule has 2 unspecified atom stereocenters. The predicted octanol–water partition coefficient (Wildman–Crippen LogP) is 3.08. The Balaban J connectivity index is 2.44. The number of rotatable bonds is 5. The molecule has 1 rings (SSSR count). The smallest absolute Gasteiger partial charge is 0.0583 e. The fourth-order valence-electron chi connectivity index (χ4n) is 2.80. The normalized spacial score (nSPS) is 24.4. The largest absolute Gasteiger partial charge is 0.393 e. The van der Waals surface area contributed by atoms with Gasteiger partial charge in [-0.1, -0.05) is 40.0 Å². The summed E-state index contributed by atoms with van der Waals surface area (Å²) >= 11 is 0. The molecule has 0 radical (unpaired) electrons. The van der Waals surface area contributed by atoms with Gasteiger partial charge in [0.25, 0.3) is 0 Å². The van der Waals surface area contributed by atoms with Crippen LogP contribution in [0.3, 0.4) is 0 Å². The van der Waals surface area contributed by atoms with Crippen LogP contribution in [-0.4, -0.2) is 16.7 Å². The molecule has 1 aliphatic rings. The maximum Gasteiger partial charge on any atom is 0.0583 e. The lowest BCUT2D eigenvalue weighted by Gasteiger charge is -2.41. The monoisotopic (exact) mass is 227 g/mol. The Bertz CT molecular complexity index is 197. The fraction of sp³-hybridized carbons (Fsp3) is 1.00. The molecule has 1 aliphatic carbocycles. The molecule has 2 heteroatoms.